The molecule has 29 heavy (non-hydrogen) atoms. The van der Waals surface area contributed by atoms with Gasteiger partial charge in [0, 0.05) is 23.7 Å². The third-order valence-electron chi connectivity index (χ3n) is 4.61. The molecule has 0 unspecified atom stereocenters. The number of benzene rings is 2. The van der Waals surface area contributed by atoms with Gasteiger partial charge in [-0.1, -0.05) is 55.2 Å². The first-order valence-electron chi connectivity index (χ1n) is 9.50. The molecular formula is C21H26Cl2N2O3S. The summed E-state index contributed by atoms with van der Waals surface area (Å²) in [5, 5.41) is 3.67. The molecule has 0 spiro atoms. The fourth-order valence-corrected chi connectivity index (χ4v) is 4.54. The average molecular weight is 457 g/mol. The van der Waals surface area contributed by atoms with Gasteiger partial charge in [0.2, 0.25) is 15.9 Å². The molecule has 0 aromatic heterocycles. The van der Waals surface area contributed by atoms with Gasteiger partial charge in [-0.05, 0) is 48.6 Å². The van der Waals surface area contributed by atoms with Gasteiger partial charge in [0.1, 0.15) is 0 Å². The second-order valence-corrected chi connectivity index (χ2v) is 9.49. The molecule has 0 bridgehead atoms. The molecule has 0 atom stereocenters. The molecule has 2 rings (SSSR count). The molecular weight excluding hydrogens is 431 g/mol. The van der Waals surface area contributed by atoms with Crippen LogP contribution in [0.1, 0.15) is 37.8 Å². The molecule has 2 aromatic carbocycles. The molecule has 0 aliphatic rings. The smallest absolute Gasteiger partial charge is 0.232 e. The predicted octanol–water partition coefficient (Wildman–Crippen LogP) is 5.30. The molecule has 1 amide bonds. The summed E-state index contributed by atoms with van der Waals surface area (Å²) in [7, 11) is -3.58. The fourth-order valence-electron chi connectivity index (χ4n) is 3.13. The third kappa shape index (κ3) is 6.36. The maximum absolute atomic E-state index is 12.5. The molecule has 0 aliphatic heterocycles. The maximum Gasteiger partial charge on any atom is 0.232 e. The van der Waals surface area contributed by atoms with Crippen LogP contribution >= 0.6 is 23.2 Å². The van der Waals surface area contributed by atoms with Gasteiger partial charge in [0.15, 0.2) is 0 Å². The summed E-state index contributed by atoms with van der Waals surface area (Å²) in [6, 6.07) is 10.7. The monoisotopic (exact) mass is 456 g/mol. The SMILES string of the molecule is CCc1cccc(CC)c1NC(=O)CCCN(c1cc(Cl)ccc1Cl)S(C)(=O)=O. The Bertz CT molecular complexity index is 956. The minimum Gasteiger partial charge on any atom is -0.326 e. The number of carbonyl (C=O) groups is 1. The Balaban J connectivity index is 2.09. The third-order valence-corrected chi connectivity index (χ3v) is 6.34. The summed E-state index contributed by atoms with van der Waals surface area (Å²) in [6.45, 7) is 4.22. The van der Waals surface area contributed by atoms with Crippen LogP contribution in [-0.4, -0.2) is 27.1 Å². The van der Waals surface area contributed by atoms with Crippen LogP contribution in [0.25, 0.3) is 0 Å². The first-order chi connectivity index (χ1) is 13.7. The average Bonchev–Trinajstić information content (AvgIpc) is 2.66. The van der Waals surface area contributed by atoms with E-state index in [0.29, 0.717) is 17.1 Å². The largest absolute Gasteiger partial charge is 0.326 e. The van der Waals surface area contributed by atoms with E-state index in [2.05, 4.69) is 5.32 Å². The van der Waals surface area contributed by atoms with E-state index in [-0.39, 0.29) is 23.9 Å². The fraction of sp³-hybridized carbons (Fsp3) is 0.381. The Morgan fingerprint density at radius 1 is 1.07 bits per heavy atom. The van der Waals surface area contributed by atoms with Crippen molar-refractivity contribution < 1.29 is 13.2 Å². The minimum atomic E-state index is -3.58. The van der Waals surface area contributed by atoms with Crippen LogP contribution in [0, 0.1) is 0 Å². The van der Waals surface area contributed by atoms with Gasteiger partial charge in [-0.25, -0.2) is 8.42 Å². The number of hydrogen-bond donors (Lipinski definition) is 1. The summed E-state index contributed by atoms with van der Waals surface area (Å²) in [5.74, 6) is -0.147. The normalized spacial score (nSPS) is 11.3. The minimum absolute atomic E-state index is 0.127. The molecule has 0 radical (unpaired) electrons. The van der Waals surface area contributed by atoms with Crippen LogP contribution in [0.15, 0.2) is 36.4 Å². The standard InChI is InChI=1S/C21H26Cl2N2O3S/c1-4-15-8-6-9-16(5-2)21(15)24-20(26)10-7-13-25(29(3,27)28)19-14-17(22)11-12-18(19)23/h6,8-9,11-12,14H,4-5,7,10,13H2,1-3H3,(H,24,26). The van der Waals surface area contributed by atoms with Crippen molar-refractivity contribution in [1.29, 1.82) is 0 Å². The van der Waals surface area contributed by atoms with E-state index in [4.69, 9.17) is 23.2 Å². The van der Waals surface area contributed by atoms with E-state index >= 15 is 0 Å². The highest BCUT2D eigenvalue weighted by Gasteiger charge is 2.21. The van der Waals surface area contributed by atoms with Crippen LogP contribution in [0.5, 0.6) is 0 Å². The summed E-state index contributed by atoms with van der Waals surface area (Å²) >= 11 is 12.2. The molecule has 1 N–H and O–H groups in total. The van der Waals surface area contributed by atoms with Crippen LogP contribution < -0.4 is 9.62 Å². The number of rotatable bonds is 9. The molecule has 0 fully saturated rings. The molecule has 5 nitrogen and oxygen atoms in total. The summed E-state index contributed by atoms with van der Waals surface area (Å²) in [5.41, 5.74) is 3.34. The van der Waals surface area contributed by atoms with Crippen molar-refractivity contribution in [2.24, 2.45) is 0 Å². The highest BCUT2D eigenvalue weighted by Crippen LogP contribution is 2.31. The van der Waals surface area contributed by atoms with Gasteiger partial charge in [-0.2, -0.15) is 0 Å². The van der Waals surface area contributed by atoms with Crippen LogP contribution in [0.3, 0.4) is 0 Å². The highest BCUT2D eigenvalue weighted by atomic mass is 35.5. The molecule has 158 valence electrons. The molecule has 0 saturated heterocycles. The first kappa shape index (κ1) is 23.5. The Kier molecular flexibility index (Phi) is 8.37. The number of nitrogens with one attached hydrogen (secondary N) is 1. The van der Waals surface area contributed by atoms with E-state index in [9.17, 15) is 13.2 Å². The van der Waals surface area contributed by atoms with Gasteiger partial charge >= 0.3 is 0 Å². The summed E-state index contributed by atoms with van der Waals surface area (Å²) in [6.07, 6.45) is 3.27. The lowest BCUT2D eigenvalue weighted by Crippen LogP contribution is -2.31. The number of carbonyl (C=O) groups excluding carboxylic acids is 1. The number of amides is 1. The van der Waals surface area contributed by atoms with E-state index in [1.165, 1.54) is 10.4 Å². The number of halogens is 2. The van der Waals surface area contributed by atoms with Gasteiger partial charge in [-0.3, -0.25) is 9.10 Å². The molecule has 0 saturated carbocycles. The van der Waals surface area contributed by atoms with E-state index in [1.54, 1.807) is 12.1 Å². The quantitative estimate of drug-likeness (QED) is 0.556. The van der Waals surface area contributed by atoms with Crippen molar-refractivity contribution in [2.75, 3.05) is 22.4 Å². The maximum atomic E-state index is 12.5. The van der Waals surface area contributed by atoms with Crippen molar-refractivity contribution >= 4 is 50.5 Å². The van der Waals surface area contributed by atoms with Crippen molar-refractivity contribution in [3.63, 3.8) is 0 Å². The summed E-state index contributed by atoms with van der Waals surface area (Å²) < 4.78 is 25.7. The van der Waals surface area contributed by atoms with Gasteiger partial charge in [0.25, 0.3) is 0 Å². The first-order valence-corrected chi connectivity index (χ1v) is 12.1. The van der Waals surface area contributed by atoms with Crippen molar-refractivity contribution in [2.45, 2.75) is 39.5 Å². The lowest BCUT2D eigenvalue weighted by molar-refractivity contribution is -0.116. The lowest BCUT2D eigenvalue weighted by atomic mass is 10.0. The summed E-state index contributed by atoms with van der Waals surface area (Å²) in [4.78, 5) is 12.5. The number of sulfonamides is 1. The Hall–Kier alpha value is -1.76. The Morgan fingerprint density at radius 3 is 2.24 bits per heavy atom. The number of hydrogen-bond acceptors (Lipinski definition) is 3. The van der Waals surface area contributed by atoms with Crippen LogP contribution in [-0.2, 0) is 27.7 Å². The number of para-hydroxylation sites is 1. The van der Waals surface area contributed by atoms with Gasteiger partial charge < -0.3 is 5.32 Å². The van der Waals surface area contributed by atoms with Crippen molar-refractivity contribution in [1.82, 2.24) is 0 Å². The number of nitrogens with zero attached hydrogens (tertiary/aromatic N) is 1. The topological polar surface area (TPSA) is 66.5 Å². The zero-order valence-corrected chi connectivity index (χ0v) is 19.2. The molecule has 0 aliphatic carbocycles. The highest BCUT2D eigenvalue weighted by molar-refractivity contribution is 7.92. The second-order valence-electron chi connectivity index (χ2n) is 6.74. The van der Waals surface area contributed by atoms with Crippen LogP contribution in [0.2, 0.25) is 10.0 Å². The number of aryl methyl sites for hydroxylation is 2. The van der Waals surface area contributed by atoms with Crippen LogP contribution in [0.4, 0.5) is 11.4 Å². The van der Waals surface area contributed by atoms with E-state index < -0.39 is 10.0 Å². The van der Waals surface area contributed by atoms with Crippen molar-refractivity contribution in [3.8, 4) is 0 Å². The van der Waals surface area contributed by atoms with E-state index in [1.807, 2.05) is 32.0 Å². The number of anilines is 2. The zero-order chi connectivity index (χ0) is 21.6. The molecule has 2 aromatic rings. The van der Waals surface area contributed by atoms with Gasteiger partial charge in [-0.15, -0.1) is 0 Å². The molecule has 8 heteroatoms. The second kappa shape index (κ2) is 10.3. The van der Waals surface area contributed by atoms with Gasteiger partial charge in [0.05, 0.1) is 17.0 Å². The van der Waals surface area contributed by atoms with E-state index in [0.717, 1.165) is 35.9 Å². The Labute approximate surface area is 183 Å². The predicted molar refractivity (Wildman–Crippen MR) is 122 cm³/mol. The van der Waals surface area contributed by atoms with Crippen molar-refractivity contribution in [3.05, 3.63) is 57.6 Å². The zero-order valence-electron chi connectivity index (χ0n) is 16.8. The Morgan fingerprint density at radius 2 is 1.69 bits per heavy atom. The molecule has 0 heterocycles. The lowest BCUT2D eigenvalue weighted by Gasteiger charge is -2.23.